The topological polar surface area (TPSA) is 97.4 Å². The summed E-state index contributed by atoms with van der Waals surface area (Å²) in [5, 5.41) is 9.34. The fourth-order valence-electron chi connectivity index (χ4n) is 3.34. The first-order chi connectivity index (χ1) is 17.1. The average molecular weight is 470 g/mol. The molecule has 8 heteroatoms. The normalized spacial score (nSPS) is 10.3. The fourth-order valence-corrected chi connectivity index (χ4v) is 3.34. The molecule has 0 aliphatic rings. The van der Waals surface area contributed by atoms with E-state index in [2.05, 4.69) is 25.9 Å². The van der Waals surface area contributed by atoms with Gasteiger partial charge in [-0.05, 0) is 55.5 Å². The molecule has 1 amide bonds. The van der Waals surface area contributed by atoms with Crippen LogP contribution < -0.4 is 25.4 Å². The third kappa shape index (κ3) is 6.70. The molecular weight excluding hydrogens is 442 g/mol. The van der Waals surface area contributed by atoms with Gasteiger partial charge in [0, 0.05) is 30.5 Å². The quantitative estimate of drug-likeness (QED) is 0.276. The first-order valence-electron chi connectivity index (χ1n) is 11.2. The Bertz CT molecular complexity index is 1260. The van der Waals surface area contributed by atoms with Crippen LogP contribution in [0.3, 0.4) is 0 Å². The van der Waals surface area contributed by atoms with Crippen LogP contribution >= 0.6 is 0 Å². The Labute approximate surface area is 204 Å². The van der Waals surface area contributed by atoms with Crippen LogP contribution in [-0.4, -0.2) is 36.1 Å². The number of para-hydroxylation sites is 2. The number of nitrogens with zero attached hydrogens (tertiary/aromatic N) is 2. The highest BCUT2D eigenvalue weighted by atomic mass is 16.5. The van der Waals surface area contributed by atoms with Gasteiger partial charge in [-0.15, -0.1) is 0 Å². The average Bonchev–Trinajstić information content (AvgIpc) is 2.87. The number of aryl methyl sites for hydroxylation is 1. The maximum Gasteiger partial charge on any atom is 0.255 e. The van der Waals surface area contributed by atoms with E-state index in [-0.39, 0.29) is 5.91 Å². The van der Waals surface area contributed by atoms with Crippen LogP contribution in [0.2, 0.25) is 0 Å². The molecule has 0 aliphatic carbocycles. The zero-order valence-corrected chi connectivity index (χ0v) is 19.6. The van der Waals surface area contributed by atoms with Gasteiger partial charge in [0.05, 0.1) is 12.7 Å². The first kappa shape index (κ1) is 23.6. The monoisotopic (exact) mass is 469 g/mol. The summed E-state index contributed by atoms with van der Waals surface area (Å²) in [7, 11) is 1.63. The number of benzene rings is 3. The van der Waals surface area contributed by atoms with Gasteiger partial charge in [0.25, 0.3) is 5.91 Å². The Hall–Kier alpha value is -4.59. The second-order valence-electron chi connectivity index (χ2n) is 7.67. The van der Waals surface area contributed by atoms with Crippen molar-refractivity contribution in [1.29, 1.82) is 0 Å². The molecule has 0 saturated heterocycles. The number of carbonyl (C=O) groups is 1. The van der Waals surface area contributed by atoms with Crippen LogP contribution in [0.25, 0.3) is 0 Å². The highest BCUT2D eigenvalue weighted by molar-refractivity contribution is 5.97. The van der Waals surface area contributed by atoms with Gasteiger partial charge in [0.15, 0.2) is 0 Å². The number of nitrogens with one attached hydrogen (secondary N) is 3. The molecule has 1 heterocycles. The van der Waals surface area contributed by atoms with Crippen molar-refractivity contribution in [3.63, 3.8) is 0 Å². The van der Waals surface area contributed by atoms with Gasteiger partial charge in [0.1, 0.15) is 23.1 Å². The third-order valence-corrected chi connectivity index (χ3v) is 5.01. The summed E-state index contributed by atoms with van der Waals surface area (Å²) in [5.41, 5.74) is 2.17. The van der Waals surface area contributed by atoms with Crippen LogP contribution in [-0.2, 0) is 0 Å². The summed E-state index contributed by atoms with van der Waals surface area (Å²) in [6, 6.07) is 26.0. The standard InChI is InChI=1S/C27H27N5O3/c1-19-18-25(31-20-12-14-21(34-2)15-13-20)32-27(30-19)29-17-16-28-26(33)23-10-6-7-11-24(23)35-22-8-4-3-5-9-22/h3-15,18H,16-17H2,1-2H3,(H,28,33)(H2,29,30,31,32). The number of rotatable bonds is 10. The minimum absolute atomic E-state index is 0.217. The van der Waals surface area contributed by atoms with Crippen molar-refractivity contribution in [3.8, 4) is 17.2 Å². The molecule has 0 unspecified atom stereocenters. The number of methoxy groups -OCH3 is 1. The molecule has 4 aromatic rings. The molecular formula is C27H27N5O3. The van der Waals surface area contributed by atoms with Crippen molar-refractivity contribution in [2.45, 2.75) is 6.92 Å². The van der Waals surface area contributed by atoms with Crippen molar-refractivity contribution < 1.29 is 14.3 Å². The summed E-state index contributed by atoms with van der Waals surface area (Å²) in [5.74, 6) is 2.88. The molecule has 0 radical (unpaired) electrons. The van der Waals surface area contributed by atoms with Crippen LogP contribution in [0.4, 0.5) is 17.5 Å². The van der Waals surface area contributed by atoms with Crippen molar-refractivity contribution in [3.05, 3.63) is 96.2 Å². The van der Waals surface area contributed by atoms with E-state index in [1.807, 2.05) is 79.7 Å². The first-order valence-corrected chi connectivity index (χ1v) is 11.2. The molecule has 3 aromatic carbocycles. The number of ether oxygens (including phenoxy) is 2. The molecule has 3 N–H and O–H groups in total. The van der Waals surface area contributed by atoms with Crippen molar-refractivity contribution in [1.82, 2.24) is 15.3 Å². The molecule has 35 heavy (non-hydrogen) atoms. The van der Waals surface area contributed by atoms with Gasteiger partial charge in [-0.2, -0.15) is 4.98 Å². The summed E-state index contributed by atoms with van der Waals surface area (Å²) < 4.78 is 11.1. The van der Waals surface area contributed by atoms with Crippen molar-refractivity contribution in [2.75, 3.05) is 30.8 Å². The number of anilines is 3. The smallest absolute Gasteiger partial charge is 0.255 e. The lowest BCUT2D eigenvalue weighted by Crippen LogP contribution is -2.29. The molecule has 0 aliphatic heterocycles. The van der Waals surface area contributed by atoms with Gasteiger partial charge >= 0.3 is 0 Å². The number of carbonyl (C=O) groups excluding carboxylic acids is 1. The van der Waals surface area contributed by atoms with Gasteiger partial charge in [-0.3, -0.25) is 4.79 Å². The summed E-state index contributed by atoms with van der Waals surface area (Å²) >= 11 is 0. The zero-order chi connectivity index (χ0) is 24.5. The largest absolute Gasteiger partial charge is 0.497 e. The molecule has 1 aromatic heterocycles. The maximum atomic E-state index is 12.8. The summed E-state index contributed by atoms with van der Waals surface area (Å²) in [4.78, 5) is 21.7. The minimum Gasteiger partial charge on any atom is -0.497 e. The second-order valence-corrected chi connectivity index (χ2v) is 7.67. The SMILES string of the molecule is COc1ccc(Nc2cc(C)nc(NCCNC(=O)c3ccccc3Oc3ccccc3)n2)cc1. The van der Waals surface area contributed by atoms with Gasteiger partial charge in [-0.25, -0.2) is 4.98 Å². The Morgan fingerprint density at radius 1 is 0.857 bits per heavy atom. The van der Waals surface area contributed by atoms with Gasteiger partial charge in [-0.1, -0.05) is 30.3 Å². The van der Waals surface area contributed by atoms with Crippen LogP contribution in [0.5, 0.6) is 17.2 Å². The molecule has 0 saturated carbocycles. The van der Waals surface area contributed by atoms with E-state index in [0.29, 0.717) is 41.9 Å². The predicted molar refractivity (Wildman–Crippen MR) is 137 cm³/mol. The third-order valence-electron chi connectivity index (χ3n) is 5.01. The number of hydrogen-bond donors (Lipinski definition) is 3. The minimum atomic E-state index is -0.217. The summed E-state index contributed by atoms with van der Waals surface area (Å²) in [6.07, 6.45) is 0. The highest BCUT2D eigenvalue weighted by Gasteiger charge is 2.12. The molecule has 4 rings (SSSR count). The number of amides is 1. The second kappa shape index (κ2) is 11.5. The Balaban J connectivity index is 1.31. The summed E-state index contributed by atoms with van der Waals surface area (Å²) in [6.45, 7) is 2.74. The van der Waals surface area contributed by atoms with Crippen LogP contribution in [0.1, 0.15) is 16.1 Å². The van der Waals surface area contributed by atoms with E-state index in [9.17, 15) is 4.79 Å². The Morgan fingerprint density at radius 2 is 1.60 bits per heavy atom. The van der Waals surface area contributed by atoms with Crippen LogP contribution in [0, 0.1) is 6.92 Å². The number of aromatic nitrogens is 2. The van der Waals surface area contributed by atoms with E-state index in [1.54, 1.807) is 19.2 Å². The van der Waals surface area contributed by atoms with Gasteiger partial charge in [0.2, 0.25) is 5.95 Å². The van der Waals surface area contributed by atoms with E-state index in [4.69, 9.17) is 9.47 Å². The molecule has 0 bridgehead atoms. The lowest BCUT2D eigenvalue weighted by atomic mass is 10.2. The predicted octanol–water partition coefficient (Wildman–Crippen LogP) is 5.17. The maximum absolute atomic E-state index is 12.8. The molecule has 0 spiro atoms. The van der Waals surface area contributed by atoms with E-state index < -0.39 is 0 Å². The van der Waals surface area contributed by atoms with Gasteiger partial charge < -0.3 is 25.4 Å². The van der Waals surface area contributed by atoms with Crippen molar-refractivity contribution in [2.24, 2.45) is 0 Å². The van der Waals surface area contributed by atoms with Crippen LogP contribution in [0.15, 0.2) is 84.9 Å². The Morgan fingerprint density at radius 3 is 2.37 bits per heavy atom. The van der Waals surface area contributed by atoms with E-state index in [1.165, 1.54) is 0 Å². The Kier molecular flexibility index (Phi) is 7.75. The molecule has 8 nitrogen and oxygen atoms in total. The lowest BCUT2D eigenvalue weighted by molar-refractivity contribution is 0.0953. The highest BCUT2D eigenvalue weighted by Crippen LogP contribution is 2.25. The molecule has 0 atom stereocenters. The van der Waals surface area contributed by atoms with Crippen molar-refractivity contribution >= 4 is 23.4 Å². The lowest BCUT2D eigenvalue weighted by Gasteiger charge is -2.12. The molecule has 178 valence electrons. The van der Waals surface area contributed by atoms with E-state index in [0.717, 1.165) is 17.1 Å². The molecule has 0 fully saturated rings. The van der Waals surface area contributed by atoms with E-state index >= 15 is 0 Å². The number of hydrogen-bond acceptors (Lipinski definition) is 7. The fraction of sp³-hybridized carbons (Fsp3) is 0.148. The zero-order valence-electron chi connectivity index (χ0n) is 19.6.